The summed E-state index contributed by atoms with van der Waals surface area (Å²) in [5.74, 6) is 0.620. The van der Waals surface area contributed by atoms with Crippen LogP contribution in [0.3, 0.4) is 0 Å². The summed E-state index contributed by atoms with van der Waals surface area (Å²) in [4.78, 5) is 23.4. The molecule has 3 aromatic rings. The number of amides is 1. The van der Waals surface area contributed by atoms with E-state index in [1.807, 2.05) is 42.5 Å². The Morgan fingerprint density at radius 3 is 2.64 bits per heavy atom. The van der Waals surface area contributed by atoms with Gasteiger partial charge in [0.05, 0.1) is 0 Å². The number of piperidine rings is 1. The third kappa shape index (κ3) is 3.31. The highest BCUT2D eigenvalue weighted by Crippen LogP contribution is 2.24. The van der Waals surface area contributed by atoms with Gasteiger partial charge in [-0.3, -0.25) is 4.79 Å². The summed E-state index contributed by atoms with van der Waals surface area (Å²) in [7, 11) is 0. The Kier molecular flexibility index (Phi) is 4.29. The highest BCUT2D eigenvalue weighted by Gasteiger charge is 2.16. The van der Waals surface area contributed by atoms with Crippen molar-refractivity contribution in [2.75, 3.05) is 23.3 Å². The van der Waals surface area contributed by atoms with Crippen LogP contribution in [0.1, 0.15) is 29.8 Å². The average Bonchev–Trinajstić information content (AvgIpc) is 2.69. The van der Waals surface area contributed by atoms with Crippen LogP contribution in [0, 0.1) is 0 Å². The van der Waals surface area contributed by atoms with Crippen LogP contribution >= 0.6 is 0 Å². The first-order valence-electron chi connectivity index (χ1n) is 8.67. The van der Waals surface area contributed by atoms with Crippen LogP contribution in [0.15, 0.2) is 54.9 Å². The number of nitrogens with zero attached hydrogens (tertiary/aromatic N) is 3. The number of carbonyl (C=O) groups excluding carboxylic acids is 1. The summed E-state index contributed by atoms with van der Waals surface area (Å²) in [6, 6.07) is 15.7. The third-order valence-electron chi connectivity index (χ3n) is 4.60. The van der Waals surface area contributed by atoms with Crippen molar-refractivity contribution >= 4 is 28.2 Å². The van der Waals surface area contributed by atoms with E-state index in [1.165, 1.54) is 25.6 Å². The van der Waals surface area contributed by atoms with Crippen molar-refractivity contribution < 1.29 is 4.79 Å². The molecule has 0 bridgehead atoms. The lowest BCUT2D eigenvalue weighted by molar-refractivity contribution is 0.102. The van der Waals surface area contributed by atoms with Gasteiger partial charge in [-0.15, -0.1) is 0 Å². The molecular weight excluding hydrogens is 312 g/mol. The second-order valence-electron chi connectivity index (χ2n) is 6.29. The molecule has 2 heterocycles. The van der Waals surface area contributed by atoms with Crippen LogP contribution in [0.4, 0.5) is 11.5 Å². The van der Waals surface area contributed by atoms with E-state index >= 15 is 0 Å². The number of rotatable bonds is 3. The van der Waals surface area contributed by atoms with Gasteiger partial charge in [-0.05, 0) is 30.7 Å². The van der Waals surface area contributed by atoms with Gasteiger partial charge in [-0.25, -0.2) is 9.97 Å². The summed E-state index contributed by atoms with van der Waals surface area (Å²) < 4.78 is 0. The third-order valence-corrected chi connectivity index (χ3v) is 4.60. The topological polar surface area (TPSA) is 58.1 Å². The van der Waals surface area contributed by atoms with Gasteiger partial charge in [0.2, 0.25) is 0 Å². The van der Waals surface area contributed by atoms with E-state index in [1.54, 1.807) is 6.07 Å². The molecule has 1 aromatic heterocycles. The molecule has 1 aliphatic heterocycles. The van der Waals surface area contributed by atoms with Gasteiger partial charge in [-0.1, -0.05) is 36.4 Å². The van der Waals surface area contributed by atoms with Crippen LogP contribution < -0.4 is 10.2 Å². The average molecular weight is 332 g/mol. The van der Waals surface area contributed by atoms with E-state index in [2.05, 4.69) is 20.2 Å². The number of nitrogens with one attached hydrogen (secondary N) is 1. The van der Waals surface area contributed by atoms with E-state index in [0.29, 0.717) is 5.69 Å². The first kappa shape index (κ1) is 15.6. The van der Waals surface area contributed by atoms with Gasteiger partial charge in [0.1, 0.15) is 17.8 Å². The van der Waals surface area contributed by atoms with Crippen molar-refractivity contribution in [2.45, 2.75) is 19.3 Å². The zero-order valence-electron chi connectivity index (χ0n) is 14.0. The molecule has 126 valence electrons. The smallest absolute Gasteiger partial charge is 0.274 e. The maximum atomic E-state index is 12.7. The summed E-state index contributed by atoms with van der Waals surface area (Å²) in [5, 5.41) is 5.10. The van der Waals surface area contributed by atoms with Crippen LogP contribution in [0.5, 0.6) is 0 Å². The van der Waals surface area contributed by atoms with E-state index in [4.69, 9.17) is 0 Å². The Hall–Kier alpha value is -2.95. The molecule has 5 heteroatoms. The highest BCUT2D eigenvalue weighted by atomic mass is 16.1. The van der Waals surface area contributed by atoms with Gasteiger partial charge in [-0.2, -0.15) is 0 Å². The first-order valence-corrected chi connectivity index (χ1v) is 8.67. The second-order valence-corrected chi connectivity index (χ2v) is 6.29. The lowest BCUT2D eigenvalue weighted by atomic mass is 10.1. The van der Waals surface area contributed by atoms with Crippen LogP contribution in [0.2, 0.25) is 0 Å². The number of carbonyl (C=O) groups is 1. The first-order chi connectivity index (χ1) is 12.3. The fourth-order valence-corrected chi connectivity index (χ4v) is 3.29. The number of hydrogen-bond acceptors (Lipinski definition) is 4. The number of anilines is 2. The lowest BCUT2D eigenvalue weighted by Crippen LogP contribution is -2.30. The molecule has 1 saturated heterocycles. The summed E-state index contributed by atoms with van der Waals surface area (Å²) >= 11 is 0. The molecule has 4 rings (SSSR count). The molecule has 0 unspecified atom stereocenters. The van der Waals surface area contributed by atoms with Crippen molar-refractivity contribution in [2.24, 2.45) is 0 Å². The Morgan fingerprint density at radius 2 is 1.76 bits per heavy atom. The zero-order valence-corrected chi connectivity index (χ0v) is 14.0. The molecule has 0 spiro atoms. The highest BCUT2D eigenvalue weighted by molar-refractivity contribution is 6.08. The minimum Gasteiger partial charge on any atom is -0.357 e. The standard InChI is InChI=1S/C20H20N4O/c25-20(23-17-10-6-8-15-7-2-3-9-16(15)17)18-13-19(22-14-21-18)24-11-4-1-5-12-24/h2-3,6-10,13-14H,1,4-5,11-12H2,(H,23,25). The molecule has 0 radical (unpaired) electrons. The van der Waals surface area contributed by atoms with Crippen LogP contribution in [0.25, 0.3) is 10.8 Å². The predicted octanol–water partition coefficient (Wildman–Crippen LogP) is 3.87. The minimum absolute atomic E-state index is 0.211. The normalized spacial score (nSPS) is 14.5. The fourth-order valence-electron chi connectivity index (χ4n) is 3.29. The lowest BCUT2D eigenvalue weighted by Gasteiger charge is -2.27. The van der Waals surface area contributed by atoms with Crippen LogP contribution in [-0.2, 0) is 0 Å². The molecule has 0 aliphatic carbocycles. The van der Waals surface area contributed by atoms with Crippen molar-refractivity contribution in [3.05, 3.63) is 60.6 Å². The quantitative estimate of drug-likeness (QED) is 0.791. The van der Waals surface area contributed by atoms with Crippen molar-refractivity contribution in [3.63, 3.8) is 0 Å². The Bertz CT molecular complexity index is 898. The molecule has 0 saturated carbocycles. The monoisotopic (exact) mass is 332 g/mol. The largest absolute Gasteiger partial charge is 0.357 e. The van der Waals surface area contributed by atoms with E-state index in [-0.39, 0.29) is 5.91 Å². The SMILES string of the molecule is O=C(Nc1cccc2ccccc12)c1cc(N2CCCCC2)ncn1. The number of fused-ring (bicyclic) bond motifs is 1. The van der Waals surface area contributed by atoms with Gasteiger partial charge in [0, 0.05) is 30.2 Å². The summed E-state index contributed by atoms with van der Waals surface area (Å²) in [5.41, 5.74) is 1.18. The summed E-state index contributed by atoms with van der Waals surface area (Å²) in [6.45, 7) is 1.97. The van der Waals surface area contributed by atoms with Gasteiger partial charge < -0.3 is 10.2 Å². The Morgan fingerprint density at radius 1 is 0.960 bits per heavy atom. The van der Waals surface area contributed by atoms with Crippen molar-refractivity contribution in [3.8, 4) is 0 Å². The predicted molar refractivity (Wildman–Crippen MR) is 100.0 cm³/mol. The molecule has 0 atom stereocenters. The number of hydrogen-bond donors (Lipinski definition) is 1. The fraction of sp³-hybridized carbons (Fsp3) is 0.250. The number of aromatic nitrogens is 2. The van der Waals surface area contributed by atoms with E-state index in [9.17, 15) is 4.79 Å². The molecule has 1 aliphatic rings. The molecule has 5 nitrogen and oxygen atoms in total. The molecular formula is C20H20N4O. The number of benzene rings is 2. The Balaban J connectivity index is 1.58. The molecule has 2 aromatic carbocycles. The maximum Gasteiger partial charge on any atom is 0.274 e. The zero-order chi connectivity index (χ0) is 17.1. The second kappa shape index (κ2) is 6.89. The van der Waals surface area contributed by atoms with Crippen molar-refractivity contribution in [1.82, 2.24) is 9.97 Å². The van der Waals surface area contributed by atoms with Crippen molar-refractivity contribution in [1.29, 1.82) is 0 Å². The van der Waals surface area contributed by atoms with Gasteiger partial charge in [0.15, 0.2) is 0 Å². The molecule has 1 amide bonds. The van der Waals surface area contributed by atoms with E-state index in [0.717, 1.165) is 35.4 Å². The molecule has 1 N–H and O–H groups in total. The Labute approximate surface area is 146 Å². The summed E-state index contributed by atoms with van der Waals surface area (Å²) in [6.07, 6.45) is 5.07. The van der Waals surface area contributed by atoms with Gasteiger partial charge in [0.25, 0.3) is 5.91 Å². The molecule has 1 fully saturated rings. The maximum absolute atomic E-state index is 12.7. The van der Waals surface area contributed by atoms with Gasteiger partial charge >= 0.3 is 0 Å². The molecule has 25 heavy (non-hydrogen) atoms. The van der Waals surface area contributed by atoms with Crippen LogP contribution in [-0.4, -0.2) is 29.0 Å². The van der Waals surface area contributed by atoms with E-state index < -0.39 is 0 Å². The minimum atomic E-state index is -0.211.